The lowest BCUT2D eigenvalue weighted by atomic mass is 10.2. The van der Waals surface area contributed by atoms with Crippen molar-refractivity contribution in [2.75, 3.05) is 20.2 Å². The van der Waals surface area contributed by atoms with Gasteiger partial charge in [-0.05, 0) is 36.4 Å². The molecule has 0 radical (unpaired) electrons. The van der Waals surface area contributed by atoms with E-state index in [4.69, 9.17) is 14.7 Å². The summed E-state index contributed by atoms with van der Waals surface area (Å²) in [5.74, 6) is 0.824. The van der Waals surface area contributed by atoms with Crippen LogP contribution in [-0.4, -0.2) is 44.0 Å². The molecule has 1 saturated heterocycles. The molecule has 124 valence electrons. The summed E-state index contributed by atoms with van der Waals surface area (Å²) in [4.78, 5) is 4.22. The Bertz CT molecular complexity index is 869. The zero-order chi connectivity index (χ0) is 17.2. The van der Waals surface area contributed by atoms with Crippen molar-refractivity contribution in [3.63, 3.8) is 0 Å². The first-order valence-corrected chi connectivity index (χ1v) is 8.64. The SMILES string of the molecule is COc1ccc(S(=O)(=O)N2CC(Oc3ncccc3C#N)C2)cc1. The van der Waals surface area contributed by atoms with E-state index in [1.54, 1.807) is 24.3 Å². The van der Waals surface area contributed by atoms with Gasteiger partial charge >= 0.3 is 0 Å². The van der Waals surface area contributed by atoms with Crippen LogP contribution in [0.25, 0.3) is 0 Å². The Hall–Kier alpha value is -2.63. The number of benzene rings is 1. The van der Waals surface area contributed by atoms with Crippen LogP contribution in [0.3, 0.4) is 0 Å². The molecule has 0 N–H and O–H groups in total. The monoisotopic (exact) mass is 345 g/mol. The number of nitrogens with zero attached hydrogens (tertiary/aromatic N) is 3. The van der Waals surface area contributed by atoms with Crippen molar-refractivity contribution in [3.05, 3.63) is 48.2 Å². The summed E-state index contributed by atoms with van der Waals surface area (Å²) < 4.78 is 37.0. The summed E-state index contributed by atoms with van der Waals surface area (Å²) >= 11 is 0. The number of aromatic nitrogens is 1. The Morgan fingerprint density at radius 3 is 2.58 bits per heavy atom. The minimum absolute atomic E-state index is 0.206. The smallest absolute Gasteiger partial charge is 0.243 e. The summed E-state index contributed by atoms with van der Waals surface area (Å²) in [5, 5.41) is 9.01. The van der Waals surface area contributed by atoms with Crippen molar-refractivity contribution < 1.29 is 17.9 Å². The molecule has 0 bridgehead atoms. The van der Waals surface area contributed by atoms with Crippen LogP contribution >= 0.6 is 0 Å². The molecule has 0 aliphatic carbocycles. The minimum atomic E-state index is -3.56. The predicted molar refractivity (Wildman–Crippen MR) is 85.1 cm³/mol. The molecule has 2 aromatic rings. The highest BCUT2D eigenvalue weighted by molar-refractivity contribution is 7.89. The van der Waals surface area contributed by atoms with Crippen molar-refractivity contribution in [2.24, 2.45) is 0 Å². The van der Waals surface area contributed by atoms with E-state index in [-0.39, 0.29) is 30.0 Å². The van der Waals surface area contributed by atoms with Crippen molar-refractivity contribution in [1.29, 1.82) is 5.26 Å². The van der Waals surface area contributed by atoms with Crippen LogP contribution in [0.15, 0.2) is 47.5 Å². The highest BCUT2D eigenvalue weighted by Gasteiger charge is 2.38. The Morgan fingerprint density at radius 2 is 1.96 bits per heavy atom. The Balaban J connectivity index is 1.66. The fourth-order valence-corrected chi connectivity index (χ4v) is 3.80. The van der Waals surface area contributed by atoms with Gasteiger partial charge in [-0.1, -0.05) is 0 Å². The number of methoxy groups -OCH3 is 1. The zero-order valence-electron chi connectivity index (χ0n) is 12.9. The third-order valence-corrected chi connectivity index (χ3v) is 5.53. The first-order valence-electron chi connectivity index (χ1n) is 7.20. The summed E-state index contributed by atoms with van der Waals surface area (Å²) in [6.45, 7) is 0.436. The number of sulfonamides is 1. The fourth-order valence-electron chi connectivity index (χ4n) is 2.30. The number of hydrogen-bond donors (Lipinski definition) is 0. The van der Waals surface area contributed by atoms with E-state index in [1.807, 2.05) is 6.07 Å². The Kier molecular flexibility index (Phi) is 4.38. The fraction of sp³-hybridized carbons (Fsp3) is 0.250. The summed E-state index contributed by atoms with van der Waals surface area (Å²) in [5.41, 5.74) is 0.328. The molecule has 0 amide bonds. The van der Waals surface area contributed by atoms with E-state index in [2.05, 4.69) is 4.98 Å². The second-order valence-corrected chi connectivity index (χ2v) is 7.14. The first-order chi connectivity index (χ1) is 11.5. The summed E-state index contributed by atoms with van der Waals surface area (Å²) in [7, 11) is -2.03. The normalized spacial score (nSPS) is 15.3. The van der Waals surface area contributed by atoms with E-state index in [0.29, 0.717) is 11.3 Å². The van der Waals surface area contributed by atoms with Crippen LogP contribution < -0.4 is 9.47 Å². The molecule has 24 heavy (non-hydrogen) atoms. The molecule has 7 nitrogen and oxygen atoms in total. The maximum Gasteiger partial charge on any atom is 0.243 e. The lowest BCUT2D eigenvalue weighted by Crippen LogP contribution is -2.56. The third kappa shape index (κ3) is 3.04. The molecule has 1 aliphatic rings. The zero-order valence-corrected chi connectivity index (χ0v) is 13.7. The van der Waals surface area contributed by atoms with Crippen molar-refractivity contribution in [2.45, 2.75) is 11.0 Å². The lowest BCUT2D eigenvalue weighted by Gasteiger charge is -2.37. The van der Waals surface area contributed by atoms with E-state index < -0.39 is 10.0 Å². The van der Waals surface area contributed by atoms with Crippen LogP contribution in [0.1, 0.15) is 5.56 Å². The number of hydrogen-bond acceptors (Lipinski definition) is 6. The van der Waals surface area contributed by atoms with E-state index >= 15 is 0 Å². The second kappa shape index (κ2) is 6.47. The van der Waals surface area contributed by atoms with Gasteiger partial charge in [0.1, 0.15) is 23.5 Å². The van der Waals surface area contributed by atoms with Crippen LogP contribution in [-0.2, 0) is 10.0 Å². The molecule has 1 aliphatic heterocycles. The predicted octanol–water partition coefficient (Wildman–Crippen LogP) is 1.41. The molecule has 1 fully saturated rings. The quantitative estimate of drug-likeness (QED) is 0.813. The van der Waals surface area contributed by atoms with Crippen molar-refractivity contribution in [3.8, 4) is 17.7 Å². The van der Waals surface area contributed by atoms with Crippen LogP contribution in [0, 0.1) is 11.3 Å². The molecule has 1 aromatic heterocycles. The topological polar surface area (TPSA) is 92.5 Å². The van der Waals surface area contributed by atoms with Gasteiger partial charge in [0.15, 0.2) is 0 Å². The minimum Gasteiger partial charge on any atom is -0.497 e. The van der Waals surface area contributed by atoms with Gasteiger partial charge in [-0.15, -0.1) is 0 Å². The molecule has 3 rings (SSSR count). The molecule has 0 saturated carbocycles. The van der Waals surface area contributed by atoms with Gasteiger partial charge in [-0.25, -0.2) is 13.4 Å². The number of ether oxygens (including phenoxy) is 2. The van der Waals surface area contributed by atoms with Crippen molar-refractivity contribution >= 4 is 10.0 Å². The number of rotatable bonds is 5. The molecule has 0 atom stereocenters. The standard InChI is InChI=1S/C16H15N3O4S/c1-22-13-4-6-15(7-5-13)24(20,21)19-10-14(11-19)23-16-12(9-17)3-2-8-18-16/h2-8,14H,10-11H2,1H3. The van der Waals surface area contributed by atoms with Gasteiger partial charge in [-0.3, -0.25) is 0 Å². The molecule has 1 aromatic carbocycles. The van der Waals surface area contributed by atoms with Crippen LogP contribution in [0.2, 0.25) is 0 Å². The van der Waals surface area contributed by atoms with Gasteiger partial charge in [0, 0.05) is 6.20 Å². The molecular weight excluding hydrogens is 330 g/mol. The van der Waals surface area contributed by atoms with Gasteiger partial charge in [0.25, 0.3) is 0 Å². The first kappa shape index (κ1) is 16.2. The van der Waals surface area contributed by atoms with Gasteiger partial charge < -0.3 is 9.47 Å². The largest absolute Gasteiger partial charge is 0.497 e. The lowest BCUT2D eigenvalue weighted by molar-refractivity contribution is 0.0718. The number of nitriles is 1. The molecular formula is C16H15N3O4S. The highest BCUT2D eigenvalue weighted by atomic mass is 32.2. The summed E-state index contributed by atoms with van der Waals surface area (Å²) in [6, 6.07) is 11.5. The molecule has 8 heteroatoms. The van der Waals surface area contributed by atoms with Gasteiger partial charge in [-0.2, -0.15) is 9.57 Å². The van der Waals surface area contributed by atoms with E-state index in [0.717, 1.165) is 0 Å². The Morgan fingerprint density at radius 1 is 1.25 bits per heavy atom. The van der Waals surface area contributed by atoms with Gasteiger partial charge in [0.2, 0.25) is 15.9 Å². The van der Waals surface area contributed by atoms with Crippen molar-refractivity contribution in [1.82, 2.24) is 9.29 Å². The maximum atomic E-state index is 12.5. The average Bonchev–Trinajstić information content (AvgIpc) is 2.57. The molecule has 2 heterocycles. The van der Waals surface area contributed by atoms with Gasteiger partial charge in [0.05, 0.1) is 25.1 Å². The van der Waals surface area contributed by atoms with Crippen LogP contribution in [0.5, 0.6) is 11.6 Å². The van der Waals surface area contributed by atoms with Crippen LogP contribution in [0.4, 0.5) is 0 Å². The average molecular weight is 345 g/mol. The van der Waals surface area contributed by atoms with E-state index in [1.165, 1.54) is 29.7 Å². The summed E-state index contributed by atoms with van der Waals surface area (Å²) in [6.07, 6.45) is 1.21. The maximum absolute atomic E-state index is 12.5. The van der Waals surface area contributed by atoms with E-state index in [9.17, 15) is 8.42 Å². The Labute approximate surface area is 140 Å². The number of pyridine rings is 1. The highest BCUT2D eigenvalue weighted by Crippen LogP contribution is 2.26. The second-order valence-electron chi connectivity index (χ2n) is 5.21. The molecule has 0 spiro atoms. The third-order valence-electron chi connectivity index (χ3n) is 3.68. The molecule has 0 unspecified atom stereocenters.